The zero-order valence-corrected chi connectivity index (χ0v) is 8.73. The Bertz CT molecular complexity index is 336. The summed E-state index contributed by atoms with van der Waals surface area (Å²) in [6.45, 7) is 4.63. The highest BCUT2D eigenvalue weighted by atomic mass is 16.7. The van der Waals surface area contributed by atoms with Crippen molar-refractivity contribution in [2.75, 3.05) is 20.5 Å². The third-order valence-corrected chi connectivity index (χ3v) is 2.62. The molecule has 80 valence electrons. The Morgan fingerprint density at radius 2 is 2.13 bits per heavy atom. The minimum Gasteiger partial charge on any atom is -0.497 e. The van der Waals surface area contributed by atoms with E-state index in [4.69, 9.17) is 14.2 Å². The van der Waals surface area contributed by atoms with Crippen LogP contribution in [-0.4, -0.2) is 20.5 Å². The lowest BCUT2D eigenvalue weighted by molar-refractivity contribution is 0.0154. The summed E-state index contributed by atoms with van der Waals surface area (Å²) in [7, 11) is 1.65. The van der Waals surface area contributed by atoms with Crippen LogP contribution in [0.1, 0.15) is 5.56 Å². The molecule has 3 nitrogen and oxygen atoms in total. The van der Waals surface area contributed by atoms with Crippen LogP contribution < -0.4 is 4.74 Å². The molecule has 1 aliphatic heterocycles. The molecule has 0 aliphatic carbocycles. The zero-order chi connectivity index (χ0) is 10.7. The van der Waals surface area contributed by atoms with E-state index >= 15 is 0 Å². The second-order valence-corrected chi connectivity index (χ2v) is 3.43. The number of ether oxygens (including phenoxy) is 3. The van der Waals surface area contributed by atoms with Crippen LogP contribution in [0.4, 0.5) is 0 Å². The van der Waals surface area contributed by atoms with Gasteiger partial charge < -0.3 is 14.2 Å². The Morgan fingerprint density at radius 3 is 2.60 bits per heavy atom. The lowest BCUT2D eigenvalue weighted by Crippen LogP contribution is -2.25. The molecule has 0 amide bonds. The Hall–Kier alpha value is -1.32. The zero-order valence-electron chi connectivity index (χ0n) is 8.73. The van der Waals surface area contributed by atoms with Crippen LogP contribution in [0.15, 0.2) is 36.9 Å². The Morgan fingerprint density at radius 1 is 1.40 bits per heavy atom. The fourth-order valence-corrected chi connectivity index (χ4v) is 1.66. The number of benzene rings is 1. The van der Waals surface area contributed by atoms with Crippen LogP contribution in [0.3, 0.4) is 0 Å². The molecule has 3 heteroatoms. The predicted molar refractivity (Wildman–Crippen MR) is 56.8 cm³/mol. The quantitative estimate of drug-likeness (QED) is 0.709. The van der Waals surface area contributed by atoms with Crippen LogP contribution in [0.5, 0.6) is 5.75 Å². The lowest BCUT2D eigenvalue weighted by Gasteiger charge is -2.22. The molecule has 0 unspecified atom stereocenters. The van der Waals surface area contributed by atoms with E-state index in [9.17, 15) is 0 Å². The van der Waals surface area contributed by atoms with Crippen LogP contribution in [-0.2, 0) is 15.1 Å². The predicted octanol–water partition coefficient (Wildman–Crippen LogP) is 2.08. The molecule has 2 rings (SSSR count). The molecule has 0 spiro atoms. The van der Waals surface area contributed by atoms with Crippen LogP contribution in [0, 0.1) is 0 Å². The highest BCUT2D eigenvalue weighted by molar-refractivity contribution is 5.34. The molecular formula is C12H14O3. The van der Waals surface area contributed by atoms with Gasteiger partial charge in [0, 0.05) is 0 Å². The summed E-state index contributed by atoms with van der Waals surface area (Å²) in [4.78, 5) is 0. The van der Waals surface area contributed by atoms with Gasteiger partial charge in [0.25, 0.3) is 0 Å². The van der Waals surface area contributed by atoms with Gasteiger partial charge in [-0.15, -0.1) is 0 Å². The maximum absolute atomic E-state index is 5.57. The average molecular weight is 206 g/mol. The summed E-state index contributed by atoms with van der Waals surface area (Å²) in [5.74, 6) is 0.830. The van der Waals surface area contributed by atoms with Crippen molar-refractivity contribution in [1.82, 2.24) is 0 Å². The van der Waals surface area contributed by atoms with Gasteiger partial charge >= 0.3 is 0 Å². The normalized spacial score (nSPS) is 25.1. The standard InChI is InChI=1S/C12H14O3/c1-3-12(8-14-9-15-12)10-4-6-11(13-2)7-5-10/h3-7H,1,8-9H2,2H3/t12-/m0/s1. The Kier molecular flexibility index (Phi) is 2.75. The first-order chi connectivity index (χ1) is 7.30. The monoisotopic (exact) mass is 206 g/mol. The van der Waals surface area contributed by atoms with Crippen molar-refractivity contribution in [3.8, 4) is 5.75 Å². The van der Waals surface area contributed by atoms with E-state index < -0.39 is 5.60 Å². The first-order valence-corrected chi connectivity index (χ1v) is 4.80. The third kappa shape index (κ3) is 1.76. The van der Waals surface area contributed by atoms with E-state index in [1.165, 1.54) is 0 Å². The minimum atomic E-state index is -0.494. The molecule has 1 aromatic rings. The second-order valence-electron chi connectivity index (χ2n) is 3.43. The maximum Gasteiger partial charge on any atom is 0.148 e. The lowest BCUT2D eigenvalue weighted by atomic mass is 9.95. The molecule has 0 saturated carbocycles. The van der Waals surface area contributed by atoms with Gasteiger partial charge in [-0.3, -0.25) is 0 Å². The molecule has 1 saturated heterocycles. The molecule has 1 atom stereocenters. The summed E-state index contributed by atoms with van der Waals surface area (Å²) in [6, 6.07) is 7.74. The van der Waals surface area contributed by atoms with E-state index in [0.717, 1.165) is 11.3 Å². The number of hydrogen-bond donors (Lipinski definition) is 0. The second kappa shape index (κ2) is 4.04. The molecule has 1 aromatic carbocycles. The SMILES string of the molecule is C=C[C@@]1(c2ccc(OC)cc2)COCO1. The van der Waals surface area contributed by atoms with Gasteiger partial charge in [0.05, 0.1) is 13.7 Å². The molecule has 1 aliphatic rings. The number of rotatable bonds is 3. The topological polar surface area (TPSA) is 27.7 Å². The van der Waals surface area contributed by atoms with Gasteiger partial charge in [0.1, 0.15) is 18.1 Å². The molecular weight excluding hydrogens is 192 g/mol. The van der Waals surface area contributed by atoms with Crippen LogP contribution >= 0.6 is 0 Å². The van der Waals surface area contributed by atoms with Crippen molar-refractivity contribution in [3.05, 3.63) is 42.5 Å². The fourth-order valence-electron chi connectivity index (χ4n) is 1.66. The summed E-state index contributed by atoms with van der Waals surface area (Å²) in [6.07, 6.45) is 1.78. The van der Waals surface area contributed by atoms with E-state index in [2.05, 4.69) is 6.58 Å². The smallest absolute Gasteiger partial charge is 0.148 e. The van der Waals surface area contributed by atoms with Gasteiger partial charge in [0.15, 0.2) is 0 Å². The number of methoxy groups -OCH3 is 1. The van der Waals surface area contributed by atoms with Crippen molar-refractivity contribution in [1.29, 1.82) is 0 Å². The van der Waals surface area contributed by atoms with E-state index in [-0.39, 0.29) is 0 Å². The molecule has 0 aromatic heterocycles. The highest BCUT2D eigenvalue weighted by Crippen LogP contribution is 2.32. The fraction of sp³-hybridized carbons (Fsp3) is 0.333. The van der Waals surface area contributed by atoms with E-state index in [1.54, 1.807) is 13.2 Å². The molecule has 1 fully saturated rings. The summed E-state index contributed by atoms with van der Waals surface area (Å²) < 4.78 is 15.9. The molecule has 15 heavy (non-hydrogen) atoms. The van der Waals surface area contributed by atoms with Crippen LogP contribution in [0.2, 0.25) is 0 Å². The summed E-state index contributed by atoms with van der Waals surface area (Å²) in [5.41, 5.74) is 0.544. The van der Waals surface area contributed by atoms with Crippen molar-refractivity contribution in [2.45, 2.75) is 5.60 Å². The molecule has 0 bridgehead atoms. The Labute approximate surface area is 89.3 Å². The Balaban J connectivity index is 2.30. The average Bonchev–Trinajstić information content (AvgIpc) is 2.79. The third-order valence-electron chi connectivity index (χ3n) is 2.62. The van der Waals surface area contributed by atoms with Gasteiger partial charge in [-0.05, 0) is 17.7 Å². The minimum absolute atomic E-state index is 0.318. The van der Waals surface area contributed by atoms with Gasteiger partial charge in [-0.1, -0.05) is 24.8 Å². The maximum atomic E-state index is 5.57. The van der Waals surface area contributed by atoms with Gasteiger partial charge in [-0.25, -0.2) is 0 Å². The van der Waals surface area contributed by atoms with E-state index in [1.807, 2.05) is 24.3 Å². The van der Waals surface area contributed by atoms with Gasteiger partial charge in [-0.2, -0.15) is 0 Å². The molecule has 0 radical (unpaired) electrons. The number of hydrogen-bond acceptors (Lipinski definition) is 3. The largest absolute Gasteiger partial charge is 0.497 e. The first-order valence-electron chi connectivity index (χ1n) is 4.80. The van der Waals surface area contributed by atoms with Crippen molar-refractivity contribution >= 4 is 0 Å². The summed E-state index contributed by atoms with van der Waals surface area (Å²) in [5, 5.41) is 0. The summed E-state index contributed by atoms with van der Waals surface area (Å²) >= 11 is 0. The molecule has 0 N–H and O–H groups in total. The van der Waals surface area contributed by atoms with E-state index in [0.29, 0.717) is 13.4 Å². The van der Waals surface area contributed by atoms with Crippen molar-refractivity contribution < 1.29 is 14.2 Å². The highest BCUT2D eigenvalue weighted by Gasteiger charge is 2.34. The molecule has 1 heterocycles. The first kappa shape index (κ1) is 10.2. The van der Waals surface area contributed by atoms with Crippen molar-refractivity contribution in [3.63, 3.8) is 0 Å². The van der Waals surface area contributed by atoms with Crippen LogP contribution in [0.25, 0.3) is 0 Å². The van der Waals surface area contributed by atoms with Gasteiger partial charge in [0.2, 0.25) is 0 Å². The van der Waals surface area contributed by atoms with Crippen molar-refractivity contribution in [2.24, 2.45) is 0 Å².